The smallest absolute Gasteiger partial charge is 0.254 e. The number of aryl methyl sites for hydroxylation is 1. The van der Waals surface area contributed by atoms with Crippen molar-refractivity contribution in [2.75, 3.05) is 12.3 Å². The number of nitrogens with two attached hydrogens (primary N) is 1. The fourth-order valence-electron chi connectivity index (χ4n) is 2.25. The normalized spacial score (nSPS) is 10.4. The summed E-state index contributed by atoms with van der Waals surface area (Å²) in [6.45, 7) is 5.11. The van der Waals surface area contributed by atoms with Crippen molar-refractivity contribution in [1.82, 2.24) is 4.90 Å². The van der Waals surface area contributed by atoms with Crippen LogP contribution in [-0.2, 0) is 6.54 Å². The Labute approximate surface area is 133 Å². The van der Waals surface area contributed by atoms with E-state index in [4.69, 9.17) is 5.73 Å². The van der Waals surface area contributed by atoms with E-state index in [2.05, 4.69) is 15.9 Å². The summed E-state index contributed by atoms with van der Waals surface area (Å²) in [4.78, 5) is 14.5. The quantitative estimate of drug-likeness (QED) is 0.850. The van der Waals surface area contributed by atoms with Gasteiger partial charge in [0, 0.05) is 28.8 Å². The van der Waals surface area contributed by atoms with Crippen LogP contribution in [0.25, 0.3) is 0 Å². The zero-order chi connectivity index (χ0) is 15.4. The molecule has 21 heavy (non-hydrogen) atoms. The lowest BCUT2D eigenvalue weighted by molar-refractivity contribution is 0.0753. The molecule has 0 aliphatic carbocycles. The summed E-state index contributed by atoms with van der Waals surface area (Å²) in [5.74, 6) is 0.0187. The Hall–Kier alpha value is -1.81. The van der Waals surface area contributed by atoms with Crippen molar-refractivity contribution in [3.05, 3.63) is 63.6 Å². The zero-order valence-electron chi connectivity index (χ0n) is 12.3. The number of rotatable bonds is 4. The molecule has 2 N–H and O–H groups in total. The van der Waals surface area contributed by atoms with Gasteiger partial charge in [0.1, 0.15) is 0 Å². The molecule has 0 saturated carbocycles. The molecule has 0 unspecified atom stereocenters. The fraction of sp³-hybridized carbons (Fsp3) is 0.235. The SMILES string of the molecule is CCN(Cc1ccccc1N)C(=O)c1cc(C)cc(Br)c1. The fourth-order valence-corrected chi connectivity index (χ4v) is 2.86. The van der Waals surface area contributed by atoms with Crippen LogP contribution in [0, 0.1) is 6.92 Å². The van der Waals surface area contributed by atoms with Gasteiger partial charge in [0.05, 0.1) is 0 Å². The Morgan fingerprint density at radius 3 is 2.57 bits per heavy atom. The van der Waals surface area contributed by atoms with Gasteiger partial charge >= 0.3 is 0 Å². The average molecular weight is 347 g/mol. The van der Waals surface area contributed by atoms with Crippen molar-refractivity contribution in [3.8, 4) is 0 Å². The summed E-state index contributed by atoms with van der Waals surface area (Å²) in [6, 6.07) is 13.4. The number of carbonyl (C=O) groups is 1. The number of hydrogen-bond donors (Lipinski definition) is 1. The first-order valence-corrected chi connectivity index (χ1v) is 7.70. The molecule has 0 atom stereocenters. The molecule has 0 bridgehead atoms. The third-order valence-corrected chi connectivity index (χ3v) is 3.83. The molecule has 3 nitrogen and oxygen atoms in total. The van der Waals surface area contributed by atoms with Gasteiger partial charge in [-0.2, -0.15) is 0 Å². The molecule has 0 radical (unpaired) electrons. The van der Waals surface area contributed by atoms with Gasteiger partial charge in [-0.05, 0) is 49.2 Å². The van der Waals surface area contributed by atoms with Gasteiger partial charge in [0.15, 0.2) is 0 Å². The summed E-state index contributed by atoms with van der Waals surface area (Å²) in [6.07, 6.45) is 0. The summed E-state index contributed by atoms with van der Waals surface area (Å²) >= 11 is 3.44. The number of para-hydroxylation sites is 1. The first kappa shape index (κ1) is 15.6. The van der Waals surface area contributed by atoms with Crippen LogP contribution in [-0.4, -0.2) is 17.4 Å². The Morgan fingerprint density at radius 1 is 1.24 bits per heavy atom. The number of carbonyl (C=O) groups excluding carboxylic acids is 1. The Bertz CT molecular complexity index is 635. The van der Waals surface area contributed by atoms with Crippen molar-refractivity contribution in [2.45, 2.75) is 20.4 Å². The molecule has 1 amide bonds. The van der Waals surface area contributed by atoms with E-state index in [1.165, 1.54) is 0 Å². The predicted molar refractivity (Wildman–Crippen MR) is 90.1 cm³/mol. The highest BCUT2D eigenvalue weighted by atomic mass is 79.9. The van der Waals surface area contributed by atoms with Crippen LogP contribution < -0.4 is 5.73 Å². The lowest BCUT2D eigenvalue weighted by Crippen LogP contribution is -2.30. The topological polar surface area (TPSA) is 46.3 Å². The van der Waals surface area contributed by atoms with E-state index < -0.39 is 0 Å². The first-order chi connectivity index (χ1) is 10.0. The highest BCUT2D eigenvalue weighted by molar-refractivity contribution is 9.10. The molecule has 0 fully saturated rings. The molecule has 110 valence electrons. The van der Waals surface area contributed by atoms with Crippen molar-refractivity contribution in [3.63, 3.8) is 0 Å². The molecule has 0 aliphatic rings. The number of nitrogen functional groups attached to an aromatic ring is 1. The largest absolute Gasteiger partial charge is 0.398 e. The molecule has 0 heterocycles. The summed E-state index contributed by atoms with van der Waals surface area (Å²) < 4.78 is 0.918. The van der Waals surface area contributed by atoms with Gasteiger partial charge in [-0.1, -0.05) is 34.1 Å². The maximum absolute atomic E-state index is 12.7. The molecule has 0 aliphatic heterocycles. The van der Waals surface area contributed by atoms with Crippen molar-refractivity contribution in [1.29, 1.82) is 0 Å². The molecule has 2 rings (SSSR count). The number of nitrogens with zero attached hydrogens (tertiary/aromatic N) is 1. The maximum atomic E-state index is 12.7. The molecule has 0 spiro atoms. The second-order valence-corrected chi connectivity index (χ2v) is 5.95. The van der Waals surface area contributed by atoms with Gasteiger partial charge < -0.3 is 10.6 Å². The summed E-state index contributed by atoms with van der Waals surface area (Å²) in [5, 5.41) is 0. The van der Waals surface area contributed by atoms with Crippen molar-refractivity contribution in [2.24, 2.45) is 0 Å². The van der Waals surface area contributed by atoms with Gasteiger partial charge in [-0.25, -0.2) is 0 Å². The Morgan fingerprint density at radius 2 is 1.95 bits per heavy atom. The standard InChI is InChI=1S/C17H19BrN2O/c1-3-20(11-13-6-4-5-7-16(13)19)17(21)14-8-12(2)9-15(18)10-14/h4-10H,3,11,19H2,1-2H3. The number of amides is 1. The lowest BCUT2D eigenvalue weighted by atomic mass is 10.1. The number of hydrogen-bond acceptors (Lipinski definition) is 2. The second kappa shape index (κ2) is 6.76. The number of benzene rings is 2. The van der Waals surface area contributed by atoms with E-state index in [9.17, 15) is 4.79 Å². The van der Waals surface area contributed by atoms with Crippen LogP contribution in [0.1, 0.15) is 28.4 Å². The van der Waals surface area contributed by atoms with E-state index >= 15 is 0 Å². The molecule has 0 saturated heterocycles. The number of halogens is 1. The van der Waals surface area contributed by atoms with Gasteiger partial charge in [-0.15, -0.1) is 0 Å². The van der Waals surface area contributed by atoms with Gasteiger partial charge in [0.25, 0.3) is 5.91 Å². The van der Waals surface area contributed by atoms with E-state index in [0.29, 0.717) is 24.3 Å². The monoisotopic (exact) mass is 346 g/mol. The van der Waals surface area contributed by atoms with E-state index in [1.807, 2.05) is 56.3 Å². The first-order valence-electron chi connectivity index (χ1n) is 6.91. The molecule has 0 aromatic heterocycles. The Kier molecular flexibility index (Phi) is 5.02. The minimum absolute atomic E-state index is 0.0187. The van der Waals surface area contributed by atoms with Crippen molar-refractivity contribution >= 4 is 27.5 Å². The van der Waals surface area contributed by atoms with Gasteiger partial charge in [0.2, 0.25) is 0 Å². The highest BCUT2D eigenvalue weighted by Gasteiger charge is 2.16. The molecule has 4 heteroatoms. The predicted octanol–water partition coefficient (Wildman–Crippen LogP) is 4.00. The molecular weight excluding hydrogens is 328 g/mol. The molecule has 2 aromatic rings. The number of anilines is 1. The van der Waals surface area contributed by atoms with Crippen LogP contribution in [0.15, 0.2) is 46.9 Å². The van der Waals surface area contributed by atoms with E-state index in [0.717, 1.165) is 15.6 Å². The highest BCUT2D eigenvalue weighted by Crippen LogP contribution is 2.19. The van der Waals surface area contributed by atoms with Crippen LogP contribution in [0.5, 0.6) is 0 Å². The average Bonchev–Trinajstić information content (AvgIpc) is 2.44. The van der Waals surface area contributed by atoms with E-state index in [-0.39, 0.29) is 5.91 Å². The van der Waals surface area contributed by atoms with Crippen LogP contribution in [0.2, 0.25) is 0 Å². The van der Waals surface area contributed by atoms with Gasteiger partial charge in [-0.3, -0.25) is 4.79 Å². The van der Waals surface area contributed by atoms with E-state index in [1.54, 1.807) is 4.90 Å². The molecule has 2 aromatic carbocycles. The third-order valence-electron chi connectivity index (χ3n) is 3.37. The maximum Gasteiger partial charge on any atom is 0.254 e. The molecular formula is C17H19BrN2O. The lowest BCUT2D eigenvalue weighted by Gasteiger charge is -2.22. The third kappa shape index (κ3) is 3.85. The summed E-state index contributed by atoms with van der Waals surface area (Å²) in [7, 11) is 0. The van der Waals surface area contributed by atoms with Crippen LogP contribution in [0.3, 0.4) is 0 Å². The van der Waals surface area contributed by atoms with Crippen molar-refractivity contribution < 1.29 is 4.79 Å². The zero-order valence-corrected chi connectivity index (χ0v) is 13.9. The van der Waals surface area contributed by atoms with Crippen LogP contribution in [0.4, 0.5) is 5.69 Å². The summed E-state index contributed by atoms with van der Waals surface area (Å²) in [5.41, 5.74) is 9.40. The minimum Gasteiger partial charge on any atom is -0.398 e. The minimum atomic E-state index is 0.0187. The van der Waals surface area contributed by atoms with Crippen LogP contribution >= 0.6 is 15.9 Å². The second-order valence-electron chi connectivity index (χ2n) is 5.04. The Balaban J connectivity index is 2.24.